The molecular formula is C17H13ClN4O. The standard InChI is InChI=1S/C17H13ClN4O/c18-14-10-20-17(22-15(14)11-5-2-1-3-6-11)21-13-8-4-7-12(9-13)16(19)23/h1-10H,(H2,19,23)(H,20,21,22). The van der Waals surface area contributed by atoms with Gasteiger partial charge in [-0.3, -0.25) is 4.79 Å². The van der Waals surface area contributed by atoms with Gasteiger partial charge in [-0.15, -0.1) is 0 Å². The SMILES string of the molecule is NC(=O)c1cccc(Nc2ncc(Cl)c(-c3ccccc3)n2)c1. The summed E-state index contributed by atoms with van der Waals surface area (Å²) in [6.45, 7) is 0. The number of carbonyl (C=O) groups excluding carboxylic acids is 1. The Balaban J connectivity index is 1.93. The minimum absolute atomic E-state index is 0.384. The first-order valence-corrected chi connectivity index (χ1v) is 7.26. The average Bonchev–Trinajstić information content (AvgIpc) is 2.57. The molecule has 0 spiro atoms. The van der Waals surface area contributed by atoms with E-state index in [-0.39, 0.29) is 0 Å². The average molecular weight is 325 g/mol. The second-order valence-corrected chi connectivity index (χ2v) is 5.23. The highest BCUT2D eigenvalue weighted by molar-refractivity contribution is 6.32. The zero-order valence-electron chi connectivity index (χ0n) is 12.0. The number of benzene rings is 2. The maximum absolute atomic E-state index is 11.2. The lowest BCUT2D eigenvalue weighted by Crippen LogP contribution is -2.11. The van der Waals surface area contributed by atoms with Crippen LogP contribution in [0.5, 0.6) is 0 Å². The number of hydrogen-bond donors (Lipinski definition) is 2. The molecule has 0 aliphatic rings. The fraction of sp³-hybridized carbons (Fsp3) is 0. The Labute approximate surface area is 138 Å². The molecule has 1 amide bonds. The van der Waals surface area contributed by atoms with Crippen molar-refractivity contribution in [3.8, 4) is 11.3 Å². The van der Waals surface area contributed by atoms with Crippen molar-refractivity contribution < 1.29 is 4.79 Å². The first-order chi connectivity index (χ1) is 11.1. The van der Waals surface area contributed by atoms with Crippen LogP contribution in [-0.4, -0.2) is 15.9 Å². The molecule has 0 saturated heterocycles. The first-order valence-electron chi connectivity index (χ1n) is 6.88. The number of primary amides is 1. The van der Waals surface area contributed by atoms with Crippen molar-refractivity contribution in [2.45, 2.75) is 0 Å². The van der Waals surface area contributed by atoms with Gasteiger partial charge >= 0.3 is 0 Å². The summed E-state index contributed by atoms with van der Waals surface area (Å²) in [7, 11) is 0. The highest BCUT2D eigenvalue weighted by Gasteiger charge is 2.08. The lowest BCUT2D eigenvalue weighted by molar-refractivity contribution is 0.100. The Morgan fingerprint density at radius 3 is 2.61 bits per heavy atom. The predicted molar refractivity (Wildman–Crippen MR) is 90.7 cm³/mol. The summed E-state index contributed by atoms with van der Waals surface area (Å²) in [4.78, 5) is 19.8. The van der Waals surface area contributed by atoms with Crippen molar-refractivity contribution in [3.63, 3.8) is 0 Å². The van der Waals surface area contributed by atoms with Gasteiger partial charge in [-0.1, -0.05) is 48.0 Å². The van der Waals surface area contributed by atoms with E-state index in [4.69, 9.17) is 17.3 Å². The third kappa shape index (κ3) is 3.46. The molecule has 0 bridgehead atoms. The van der Waals surface area contributed by atoms with Crippen molar-refractivity contribution in [3.05, 3.63) is 71.4 Å². The molecule has 2 aromatic carbocycles. The molecule has 3 N–H and O–H groups in total. The van der Waals surface area contributed by atoms with Gasteiger partial charge in [0.05, 0.1) is 16.9 Å². The molecule has 114 valence electrons. The predicted octanol–water partition coefficient (Wildman–Crippen LogP) is 3.64. The van der Waals surface area contributed by atoms with Gasteiger partial charge in [-0.05, 0) is 18.2 Å². The maximum Gasteiger partial charge on any atom is 0.248 e. The van der Waals surface area contributed by atoms with Crippen LogP contribution in [-0.2, 0) is 0 Å². The molecule has 0 radical (unpaired) electrons. The van der Waals surface area contributed by atoms with Gasteiger partial charge in [0.2, 0.25) is 11.9 Å². The minimum Gasteiger partial charge on any atom is -0.366 e. The maximum atomic E-state index is 11.2. The minimum atomic E-state index is -0.490. The molecule has 1 aromatic heterocycles. The largest absolute Gasteiger partial charge is 0.366 e. The second-order valence-electron chi connectivity index (χ2n) is 4.83. The Hall–Kier alpha value is -2.92. The summed E-state index contributed by atoms with van der Waals surface area (Å²) in [5.41, 5.74) is 7.89. The number of anilines is 2. The number of nitrogens with one attached hydrogen (secondary N) is 1. The molecule has 3 rings (SSSR count). The van der Waals surface area contributed by atoms with E-state index >= 15 is 0 Å². The van der Waals surface area contributed by atoms with Gasteiger partial charge in [0, 0.05) is 16.8 Å². The number of hydrogen-bond acceptors (Lipinski definition) is 4. The zero-order chi connectivity index (χ0) is 16.2. The molecule has 0 aliphatic carbocycles. The number of halogens is 1. The molecule has 6 heteroatoms. The van der Waals surface area contributed by atoms with Gasteiger partial charge in [0.1, 0.15) is 0 Å². The monoisotopic (exact) mass is 324 g/mol. The fourth-order valence-corrected chi connectivity index (χ4v) is 2.31. The van der Waals surface area contributed by atoms with E-state index in [2.05, 4.69) is 15.3 Å². The number of nitrogens with two attached hydrogens (primary N) is 1. The van der Waals surface area contributed by atoms with Crippen molar-refractivity contribution >= 4 is 29.1 Å². The number of rotatable bonds is 4. The van der Waals surface area contributed by atoms with Crippen LogP contribution in [0.3, 0.4) is 0 Å². The molecule has 23 heavy (non-hydrogen) atoms. The van der Waals surface area contributed by atoms with Gasteiger partial charge < -0.3 is 11.1 Å². The number of aromatic nitrogens is 2. The topological polar surface area (TPSA) is 80.9 Å². The highest BCUT2D eigenvalue weighted by atomic mass is 35.5. The van der Waals surface area contributed by atoms with Crippen LogP contribution in [0.15, 0.2) is 60.8 Å². The van der Waals surface area contributed by atoms with Gasteiger partial charge in [-0.2, -0.15) is 0 Å². The Morgan fingerprint density at radius 2 is 1.87 bits per heavy atom. The fourth-order valence-electron chi connectivity index (χ4n) is 2.11. The smallest absolute Gasteiger partial charge is 0.248 e. The molecule has 0 fully saturated rings. The number of nitrogens with zero attached hydrogens (tertiary/aromatic N) is 2. The van der Waals surface area contributed by atoms with Crippen molar-refractivity contribution in [2.75, 3.05) is 5.32 Å². The highest BCUT2D eigenvalue weighted by Crippen LogP contribution is 2.26. The van der Waals surface area contributed by atoms with Crippen LogP contribution < -0.4 is 11.1 Å². The quantitative estimate of drug-likeness (QED) is 0.767. The summed E-state index contributed by atoms with van der Waals surface area (Å²) in [5, 5.41) is 3.51. The lowest BCUT2D eigenvalue weighted by Gasteiger charge is -2.09. The van der Waals surface area contributed by atoms with E-state index in [1.165, 1.54) is 6.20 Å². The van der Waals surface area contributed by atoms with E-state index in [9.17, 15) is 4.79 Å². The van der Waals surface area contributed by atoms with Crippen molar-refractivity contribution in [2.24, 2.45) is 5.73 Å². The normalized spacial score (nSPS) is 10.3. The third-order valence-electron chi connectivity index (χ3n) is 3.19. The van der Waals surface area contributed by atoms with Crippen LogP contribution in [0.25, 0.3) is 11.3 Å². The summed E-state index contributed by atoms with van der Waals surface area (Å²) < 4.78 is 0. The van der Waals surface area contributed by atoms with E-state index in [1.54, 1.807) is 24.3 Å². The molecule has 3 aromatic rings. The van der Waals surface area contributed by atoms with Crippen LogP contribution >= 0.6 is 11.6 Å². The molecule has 0 saturated carbocycles. The van der Waals surface area contributed by atoms with Gasteiger partial charge in [-0.25, -0.2) is 9.97 Å². The van der Waals surface area contributed by atoms with Crippen LogP contribution in [0.2, 0.25) is 5.02 Å². The van der Waals surface area contributed by atoms with E-state index in [0.717, 1.165) is 5.56 Å². The summed E-state index contributed by atoms with van der Waals surface area (Å²) >= 11 is 6.19. The molecule has 0 unspecified atom stereocenters. The van der Waals surface area contributed by atoms with Crippen molar-refractivity contribution in [1.82, 2.24) is 9.97 Å². The third-order valence-corrected chi connectivity index (χ3v) is 3.47. The molecule has 1 heterocycles. The van der Waals surface area contributed by atoms with Crippen LogP contribution in [0.1, 0.15) is 10.4 Å². The first kappa shape index (κ1) is 15.0. The van der Waals surface area contributed by atoms with Gasteiger partial charge in [0.15, 0.2) is 0 Å². The van der Waals surface area contributed by atoms with E-state index < -0.39 is 5.91 Å². The molecular weight excluding hydrogens is 312 g/mol. The molecule has 5 nitrogen and oxygen atoms in total. The zero-order valence-corrected chi connectivity index (χ0v) is 12.8. The number of amides is 1. The number of carbonyl (C=O) groups is 1. The van der Waals surface area contributed by atoms with E-state index in [0.29, 0.717) is 27.9 Å². The Bertz CT molecular complexity index is 852. The molecule has 0 atom stereocenters. The second kappa shape index (κ2) is 6.46. The Morgan fingerprint density at radius 1 is 1.09 bits per heavy atom. The lowest BCUT2D eigenvalue weighted by atomic mass is 10.1. The van der Waals surface area contributed by atoms with E-state index in [1.807, 2.05) is 30.3 Å². The van der Waals surface area contributed by atoms with Crippen LogP contribution in [0, 0.1) is 0 Å². The Kier molecular flexibility index (Phi) is 4.21. The van der Waals surface area contributed by atoms with Crippen molar-refractivity contribution in [1.29, 1.82) is 0 Å². The summed E-state index contributed by atoms with van der Waals surface area (Å²) in [5.74, 6) is -0.106. The van der Waals surface area contributed by atoms with Gasteiger partial charge in [0.25, 0.3) is 0 Å². The molecule has 0 aliphatic heterocycles. The summed E-state index contributed by atoms with van der Waals surface area (Å²) in [6.07, 6.45) is 1.54. The van der Waals surface area contributed by atoms with Crippen LogP contribution in [0.4, 0.5) is 11.6 Å². The summed E-state index contributed by atoms with van der Waals surface area (Å²) in [6, 6.07) is 16.4.